The van der Waals surface area contributed by atoms with Crippen LogP contribution in [0.5, 0.6) is 0 Å². The van der Waals surface area contributed by atoms with Gasteiger partial charge in [0.05, 0.1) is 5.75 Å². The summed E-state index contributed by atoms with van der Waals surface area (Å²) < 4.78 is 59.1. The van der Waals surface area contributed by atoms with E-state index in [0.29, 0.717) is 11.3 Å². The average molecular weight is 414 g/mol. The lowest BCUT2D eigenvalue weighted by atomic mass is 10.1. The molecule has 0 spiro atoms. The van der Waals surface area contributed by atoms with Gasteiger partial charge in [0, 0.05) is 23.1 Å². The summed E-state index contributed by atoms with van der Waals surface area (Å²) in [6.07, 6.45) is -3.42. The van der Waals surface area contributed by atoms with E-state index in [-0.39, 0.29) is 16.9 Å². The van der Waals surface area contributed by atoms with E-state index < -0.39 is 34.4 Å². The van der Waals surface area contributed by atoms with Crippen molar-refractivity contribution in [3.63, 3.8) is 0 Å². The minimum atomic E-state index is -4.50. The predicted octanol–water partition coefficient (Wildman–Crippen LogP) is 2.78. The summed E-state index contributed by atoms with van der Waals surface area (Å²) in [5.41, 5.74) is 1.04. The van der Waals surface area contributed by atoms with Crippen molar-refractivity contribution in [2.75, 3.05) is 18.1 Å². The van der Waals surface area contributed by atoms with Crippen molar-refractivity contribution in [1.29, 1.82) is 0 Å². The van der Waals surface area contributed by atoms with E-state index in [2.05, 4.69) is 5.32 Å². The Bertz CT molecular complexity index is 971. The fourth-order valence-electron chi connectivity index (χ4n) is 2.30. The van der Waals surface area contributed by atoms with Gasteiger partial charge >= 0.3 is 6.18 Å². The van der Waals surface area contributed by atoms with E-state index >= 15 is 0 Å². The Balaban J connectivity index is 2.03. The topological polar surface area (TPSA) is 92.3 Å². The molecule has 0 bridgehead atoms. The number of anilines is 1. The van der Waals surface area contributed by atoms with E-state index in [1.807, 2.05) is 0 Å². The molecule has 0 saturated carbocycles. The van der Waals surface area contributed by atoms with Gasteiger partial charge in [-0.05, 0) is 42.0 Å². The van der Waals surface area contributed by atoms with Crippen LogP contribution in [0, 0.1) is 0 Å². The molecule has 0 aliphatic carbocycles. The first-order chi connectivity index (χ1) is 12.9. The van der Waals surface area contributed by atoms with Crippen molar-refractivity contribution in [3.8, 4) is 0 Å². The highest BCUT2D eigenvalue weighted by molar-refractivity contribution is 7.89. The minimum absolute atomic E-state index is 0.0115. The first-order valence-corrected chi connectivity index (χ1v) is 10.0. The number of hydrogen-bond donors (Lipinski definition) is 2. The maximum Gasteiger partial charge on any atom is 0.405 e. The fourth-order valence-corrected chi connectivity index (χ4v) is 3.08. The standard InChI is InChI=1S/C18H17F3N2O4S/c1-28(26,27)10-12-3-2-4-14(9-12)17(25)23-15-7-5-13(6-8-15)16(24)22-11-18(19,20)21/h2-9H,10-11H2,1H3,(H,22,24)(H,23,25). The molecule has 2 N–H and O–H groups in total. The van der Waals surface area contributed by atoms with Gasteiger partial charge in [-0.3, -0.25) is 9.59 Å². The summed E-state index contributed by atoms with van der Waals surface area (Å²) >= 11 is 0. The van der Waals surface area contributed by atoms with Gasteiger partial charge in [-0.1, -0.05) is 12.1 Å². The number of sulfone groups is 1. The van der Waals surface area contributed by atoms with Crippen LogP contribution >= 0.6 is 0 Å². The number of rotatable bonds is 6. The van der Waals surface area contributed by atoms with Crippen molar-refractivity contribution >= 4 is 27.3 Å². The van der Waals surface area contributed by atoms with Crippen LogP contribution in [-0.4, -0.2) is 39.2 Å². The summed E-state index contributed by atoms with van der Waals surface area (Å²) in [4.78, 5) is 23.9. The molecule has 0 heterocycles. The molecule has 0 unspecified atom stereocenters. The third kappa shape index (κ3) is 7.03. The Morgan fingerprint density at radius 1 is 0.964 bits per heavy atom. The normalized spacial score (nSPS) is 11.7. The quantitative estimate of drug-likeness (QED) is 0.760. The molecule has 0 aliphatic heterocycles. The minimum Gasteiger partial charge on any atom is -0.343 e. The Labute approximate surface area is 159 Å². The van der Waals surface area contributed by atoms with E-state index in [0.717, 1.165) is 6.26 Å². The molecule has 0 aliphatic rings. The molecule has 2 aromatic rings. The van der Waals surface area contributed by atoms with Gasteiger partial charge in [-0.25, -0.2) is 8.42 Å². The van der Waals surface area contributed by atoms with E-state index in [1.54, 1.807) is 17.4 Å². The molecule has 0 atom stereocenters. The van der Waals surface area contributed by atoms with Crippen LogP contribution in [0.1, 0.15) is 26.3 Å². The smallest absolute Gasteiger partial charge is 0.343 e. The lowest BCUT2D eigenvalue weighted by Gasteiger charge is -2.10. The largest absolute Gasteiger partial charge is 0.405 e. The van der Waals surface area contributed by atoms with Gasteiger partial charge in [0.15, 0.2) is 9.84 Å². The zero-order valence-corrected chi connectivity index (χ0v) is 15.5. The Hall–Kier alpha value is -2.88. The van der Waals surface area contributed by atoms with E-state index in [9.17, 15) is 31.2 Å². The molecule has 0 radical (unpaired) electrons. The maximum atomic E-state index is 12.3. The molecule has 2 amide bonds. The van der Waals surface area contributed by atoms with Gasteiger partial charge in [0.2, 0.25) is 0 Å². The molecular formula is C18H17F3N2O4S. The molecule has 2 aromatic carbocycles. The van der Waals surface area contributed by atoms with Crippen LogP contribution < -0.4 is 10.6 Å². The molecule has 0 saturated heterocycles. The Kier molecular flexibility index (Phi) is 6.45. The number of benzene rings is 2. The Morgan fingerprint density at radius 2 is 1.61 bits per heavy atom. The predicted molar refractivity (Wildman–Crippen MR) is 97.8 cm³/mol. The van der Waals surface area contributed by atoms with Crippen LogP contribution in [0.3, 0.4) is 0 Å². The third-order valence-corrected chi connectivity index (χ3v) is 4.33. The third-order valence-electron chi connectivity index (χ3n) is 3.47. The number of carbonyl (C=O) groups excluding carboxylic acids is 2. The monoisotopic (exact) mass is 414 g/mol. The van der Waals surface area contributed by atoms with Crippen molar-refractivity contribution < 1.29 is 31.2 Å². The van der Waals surface area contributed by atoms with Gasteiger partial charge < -0.3 is 10.6 Å². The summed E-state index contributed by atoms with van der Waals surface area (Å²) in [5.74, 6) is -1.58. The van der Waals surface area contributed by atoms with Gasteiger partial charge in [-0.2, -0.15) is 13.2 Å². The van der Waals surface area contributed by atoms with Gasteiger partial charge in [-0.15, -0.1) is 0 Å². The van der Waals surface area contributed by atoms with Crippen molar-refractivity contribution in [1.82, 2.24) is 5.32 Å². The zero-order valence-electron chi connectivity index (χ0n) is 14.7. The lowest BCUT2D eigenvalue weighted by Crippen LogP contribution is -2.33. The lowest BCUT2D eigenvalue weighted by molar-refractivity contribution is -0.123. The van der Waals surface area contributed by atoms with Crippen LogP contribution in [-0.2, 0) is 15.6 Å². The highest BCUT2D eigenvalue weighted by Gasteiger charge is 2.27. The Morgan fingerprint density at radius 3 is 2.18 bits per heavy atom. The second-order valence-corrected chi connectivity index (χ2v) is 8.24. The fraction of sp³-hybridized carbons (Fsp3) is 0.222. The first kappa shape index (κ1) is 21.4. The van der Waals surface area contributed by atoms with Crippen molar-refractivity contribution in [3.05, 3.63) is 65.2 Å². The van der Waals surface area contributed by atoms with Crippen molar-refractivity contribution in [2.24, 2.45) is 0 Å². The maximum absolute atomic E-state index is 12.3. The van der Waals surface area contributed by atoms with Crippen LogP contribution in [0.25, 0.3) is 0 Å². The van der Waals surface area contributed by atoms with Gasteiger partial charge in [0.1, 0.15) is 6.54 Å². The average Bonchev–Trinajstić information content (AvgIpc) is 2.58. The highest BCUT2D eigenvalue weighted by Crippen LogP contribution is 2.15. The van der Waals surface area contributed by atoms with Crippen LogP contribution in [0.2, 0.25) is 0 Å². The molecule has 0 fully saturated rings. The van der Waals surface area contributed by atoms with E-state index in [4.69, 9.17) is 0 Å². The molecule has 0 aromatic heterocycles. The second-order valence-electron chi connectivity index (χ2n) is 6.10. The number of nitrogens with one attached hydrogen (secondary N) is 2. The molecule has 10 heteroatoms. The molecule has 28 heavy (non-hydrogen) atoms. The van der Waals surface area contributed by atoms with Crippen LogP contribution in [0.4, 0.5) is 18.9 Å². The van der Waals surface area contributed by atoms with Crippen LogP contribution in [0.15, 0.2) is 48.5 Å². The summed E-state index contributed by atoms with van der Waals surface area (Å²) in [6.45, 7) is -1.44. The van der Waals surface area contributed by atoms with Crippen molar-refractivity contribution in [2.45, 2.75) is 11.9 Å². The summed E-state index contributed by atoms with van der Waals surface area (Å²) in [7, 11) is -3.25. The number of amides is 2. The number of alkyl halides is 3. The zero-order chi connectivity index (χ0) is 20.9. The highest BCUT2D eigenvalue weighted by atomic mass is 32.2. The van der Waals surface area contributed by atoms with E-state index in [1.165, 1.54) is 36.4 Å². The number of hydrogen-bond acceptors (Lipinski definition) is 4. The number of halogens is 3. The summed E-state index contributed by atoms with van der Waals surface area (Å²) in [6, 6.07) is 11.4. The molecule has 6 nitrogen and oxygen atoms in total. The molecular weight excluding hydrogens is 397 g/mol. The number of carbonyl (C=O) groups is 2. The van der Waals surface area contributed by atoms with Gasteiger partial charge in [0.25, 0.3) is 11.8 Å². The molecule has 150 valence electrons. The second kappa shape index (κ2) is 8.42. The SMILES string of the molecule is CS(=O)(=O)Cc1cccc(C(=O)Nc2ccc(C(=O)NCC(F)(F)F)cc2)c1. The first-order valence-electron chi connectivity index (χ1n) is 7.96. The molecule has 2 rings (SSSR count). The summed E-state index contributed by atoms with van der Waals surface area (Å²) in [5, 5.41) is 4.32.